The van der Waals surface area contributed by atoms with Gasteiger partial charge in [0.25, 0.3) is 5.56 Å². The summed E-state index contributed by atoms with van der Waals surface area (Å²) in [7, 11) is 0. The van der Waals surface area contributed by atoms with Gasteiger partial charge in [0, 0.05) is 5.69 Å². The number of hydrogen-bond donors (Lipinski definition) is 1. The maximum atomic E-state index is 12.5. The van der Waals surface area contributed by atoms with Crippen LogP contribution in [0.5, 0.6) is 0 Å². The Morgan fingerprint density at radius 1 is 1.00 bits per heavy atom. The number of fused-ring (bicyclic) bond motifs is 1. The van der Waals surface area contributed by atoms with E-state index in [4.69, 9.17) is 4.42 Å². The third kappa shape index (κ3) is 3.31. The summed E-state index contributed by atoms with van der Waals surface area (Å²) in [4.78, 5) is 20.0. The largest absolute Gasteiger partial charge is 0.461 e. The van der Waals surface area contributed by atoms with Gasteiger partial charge in [-0.1, -0.05) is 42.1 Å². The van der Waals surface area contributed by atoms with Crippen molar-refractivity contribution < 1.29 is 4.42 Å². The molecule has 3 heterocycles. The molecule has 148 valence electrons. The molecule has 5 aromatic rings. The van der Waals surface area contributed by atoms with Gasteiger partial charge in [-0.3, -0.25) is 9.36 Å². The summed E-state index contributed by atoms with van der Waals surface area (Å²) < 4.78 is 7.50. The Balaban J connectivity index is 1.56. The van der Waals surface area contributed by atoms with Crippen LogP contribution in [0.3, 0.4) is 0 Å². The second-order valence-corrected chi connectivity index (χ2v) is 7.99. The van der Waals surface area contributed by atoms with Crippen molar-refractivity contribution in [1.29, 1.82) is 0 Å². The van der Waals surface area contributed by atoms with Crippen molar-refractivity contribution in [3.63, 3.8) is 0 Å². The summed E-state index contributed by atoms with van der Waals surface area (Å²) >= 11 is 1.47. The van der Waals surface area contributed by atoms with Crippen LogP contribution in [0.1, 0.15) is 18.0 Å². The van der Waals surface area contributed by atoms with E-state index in [1.807, 2.05) is 72.2 Å². The highest BCUT2D eigenvalue weighted by Crippen LogP contribution is 2.35. The molecule has 0 amide bonds. The predicted molar refractivity (Wildman–Crippen MR) is 116 cm³/mol. The van der Waals surface area contributed by atoms with Crippen molar-refractivity contribution in [3.05, 3.63) is 89.2 Å². The van der Waals surface area contributed by atoms with Gasteiger partial charge < -0.3 is 9.40 Å². The highest BCUT2D eigenvalue weighted by atomic mass is 32.2. The van der Waals surface area contributed by atoms with E-state index in [2.05, 4.69) is 20.2 Å². The van der Waals surface area contributed by atoms with Crippen molar-refractivity contribution in [2.45, 2.75) is 17.3 Å². The first-order valence-electron chi connectivity index (χ1n) is 9.41. The maximum absolute atomic E-state index is 12.5. The summed E-state index contributed by atoms with van der Waals surface area (Å²) in [5.74, 6) is 1.83. The van der Waals surface area contributed by atoms with Gasteiger partial charge in [0.2, 0.25) is 5.82 Å². The molecule has 5 rings (SSSR count). The van der Waals surface area contributed by atoms with Crippen LogP contribution >= 0.6 is 11.8 Å². The van der Waals surface area contributed by atoms with Crippen molar-refractivity contribution in [1.82, 2.24) is 24.7 Å². The van der Waals surface area contributed by atoms with E-state index >= 15 is 0 Å². The lowest BCUT2D eigenvalue weighted by Crippen LogP contribution is -2.13. The monoisotopic (exact) mass is 415 g/mol. The summed E-state index contributed by atoms with van der Waals surface area (Å²) in [6.07, 6.45) is 1.61. The molecule has 0 fully saturated rings. The molecule has 2 aromatic carbocycles. The minimum absolute atomic E-state index is 0.149. The van der Waals surface area contributed by atoms with Crippen LogP contribution in [0, 0.1) is 0 Å². The van der Waals surface area contributed by atoms with Crippen LogP contribution in [0.25, 0.3) is 28.2 Å². The number of rotatable bonds is 5. The summed E-state index contributed by atoms with van der Waals surface area (Å²) in [5, 5.41) is 9.85. The summed E-state index contributed by atoms with van der Waals surface area (Å²) in [6, 6.07) is 20.8. The Bertz CT molecular complexity index is 1360. The van der Waals surface area contributed by atoms with E-state index in [1.54, 1.807) is 12.3 Å². The Morgan fingerprint density at radius 2 is 1.80 bits per heavy atom. The lowest BCUT2D eigenvalue weighted by atomic mass is 10.2. The highest BCUT2D eigenvalue weighted by Gasteiger charge is 2.21. The van der Waals surface area contributed by atoms with Gasteiger partial charge in [0.05, 0.1) is 22.4 Å². The number of furan rings is 1. The molecule has 0 aliphatic rings. The lowest BCUT2D eigenvalue weighted by molar-refractivity contribution is 0.575. The quantitative estimate of drug-likeness (QED) is 0.422. The Hall–Kier alpha value is -3.65. The number of nitrogens with one attached hydrogen (secondary N) is 1. The van der Waals surface area contributed by atoms with Crippen LogP contribution in [0.4, 0.5) is 0 Å². The van der Waals surface area contributed by atoms with Gasteiger partial charge in [-0.05, 0) is 43.3 Å². The first-order valence-corrected chi connectivity index (χ1v) is 10.3. The first kappa shape index (κ1) is 18.4. The number of benzene rings is 2. The number of para-hydroxylation sites is 2. The van der Waals surface area contributed by atoms with Crippen LogP contribution < -0.4 is 5.56 Å². The zero-order valence-corrected chi connectivity index (χ0v) is 16.8. The van der Waals surface area contributed by atoms with Crippen LogP contribution in [-0.2, 0) is 0 Å². The fourth-order valence-electron chi connectivity index (χ4n) is 3.23. The molecular weight excluding hydrogens is 398 g/mol. The number of aromatic nitrogens is 5. The Morgan fingerprint density at radius 3 is 2.60 bits per heavy atom. The van der Waals surface area contributed by atoms with Gasteiger partial charge >= 0.3 is 0 Å². The number of hydrogen-bond acceptors (Lipinski definition) is 6. The van der Waals surface area contributed by atoms with Crippen LogP contribution in [0.15, 0.2) is 87.4 Å². The molecule has 0 aliphatic carbocycles. The Labute approximate surface area is 175 Å². The standard InChI is InChI=1S/C22H17N5O2S/c1-14(19-23-17-11-6-5-10-16(17)21(28)24-19)30-22-26-25-20(18-12-7-13-29-18)27(22)15-8-3-2-4-9-15/h2-14H,1H3,(H,23,24,28)/t14-/m0/s1. The van der Waals surface area contributed by atoms with Crippen molar-refractivity contribution in [2.75, 3.05) is 0 Å². The molecule has 1 atom stereocenters. The second-order valence-electron chi connectivity index (χ2n) is 6.68. The van der Waals surface area contributed by atoms with Gasteiger partial charge in [0.1, 0.15) is 5.82 Å². The fraction of sp³-hybridized carbons (Fsp3) is 0.0909. The van der Waals surface area contributed by atoms with Gasteiger partial charge in [0.15, 0.2) is 10.9 Å². The highest BCUT2D eigenvalue weighted by molar-refractivity contribution is 7.99. The zero-order chi connectivity index (χ0) is 20.5. The van der Waals surface area contributed by atoms with Crippen LogP contribution in [0.2, 0.25) is 0 Å². The molecule has 0 radical (unpaired) electrons. The molecule has 8 heteroatoms. The maximum Gasteiger partial charge on any atom is 0.258 e. The minimum atomic E-state index is -0.154. The summed E-state index contributed by atoms with van der Waals surface area (Å²) in [5.41, 5.74) is 1.44. The Kier molecular flexibility index (Phi) is 4.68. The van der Waals surface area contributed by atoms with E-state index in [-0.39, 0.29) is 10.8 Å². The molecule has 1 N–H and O–H groups in total. The number of nitrogens with zero attached hydrogens (tertiary/aromatic N) is 4. The third-order valence-electron chi connectivity index (χ3n) is 4.69. The first-order chi connectivity index (χ1) is 14.7. The topological polar surface area (TPSA) is 89.6 Å². The summed E-state index contributed by atoms with van der Waals surface area (Å²) in [6.45, 7) is 1.98. The SMILES string of the molecule is C[C@H](Sc1nnc(-c2ccco2)n1-c1ccccc1)c1nc2ccccc2c(=O)[nH]1. The molecule has 0 unspecified atom stereocenters. The number of H-pyrrole nitrogens is 1. The smallest absolute Gasteiger partial charge is 0.258 e. The second kappa shape index (κ2) is 7.64. The van der Waals surface area contributed by atoms with E-state index in [9.17, 15) is 4.79 Å². The molecule has 0 saturated carbocycles. The molecule has 3 aromatic heterocycles. The van der Waals surface area contributed by atoms with Gasteiger partial charge in [-0.2, -0.15) is 0 Å². The van der Waals surface area contributed by atoms with E-state index in [1.165, 1.54) is 11.8 Å². The van der Waals surface area contributed by atoms with Crippen LogP contribution in [-0.4, -0.2) is 24.7 Å². The predicted octanol–water partition coefficient (Wildman–Crippen LogP) is 4.62. The van der Waals surface area contributed by atoms with E-state index < -0.39 is 0 Å². The average molecular weight is 415 g/mol. The van der Waals surface area contributed by atoms with E-state index in [0.717, 1.165) is 5.69 Å². The molecule has 0 spiro atoms. The van der Waals surface area contributed by atoms with Crippen molar-refractivity contribution in [3.8, 4) is 17.3 Å². The fourth-order valence-corrected chi connectivity index (χ4v) is 4.16. The molecule has 0 saturated heterocycles. The zero-order valence-electron chi connectivity index (χ0n) is 16.0. The molecule has 30 heavy (non-hydrogen) atoms. The van der Waals surface area contributed by atoms with E-state index in [0.29, 0.717) is 33.5 Å². The minimum Gasteiger partial charge on any atom is -0.461 e. The number of thioether (sulfide) groups is 1. The van der Waals surface area contributed by atoms with Gasteiger partial charge in [-0.25, -0.2) is 4.98 Å². The van der Waals surface area contributed by atoms with Crippen molar-refractivity contribution in [2.24, 2.45) is 0 Å². The third-order valence-corrected chi connectivity index (χ3v) is 5.74. The number of aromatic amines is 1. The molecule has 0 aliphatic heterocycles. The molecule has 7 nitrogen and oxygen atoms in total. The van der Waals surface area contributed by atoms with Crippen molar-refractivity contribution >= 4 is 22.7 Å². The van der Waals surface area contributed by atoms with Gasteiger partial charge in [-0.15, -0.1) is 10.2 Å². The molecular formula is C22H17N5O2S. The lowest BCUT2D eigenvalue weighted by Gasteiger charge is -2.13. The molecule has 0 bridgehead atoms. The normalized spacial score (nSPS) is 12.3. The average Bonchev–Trinajstić information content (AvgIpc) is 3.44.